The molecule has 0 aromatic heterocycles. The number of nitro benzene ring substituents is 1. The molecule has 0 amide bonds. The lowest BCUT2D eigenvalue weighted by Gasteiger charge is -2.03. The van der Waals surface area contributed by atoms with Crippen LogP contribution in [0.25, 0.3) is 0 Å². The SMILES string of the molecule is O=[N+]([O-])c1cccc(CNCCC2CC2)c1. The average molecular weight is 220 g/mol. The normalized spacial score (nSPS) is 15.0. The molecule has 1 saturated carbocycles. The van der Waals surface area contributed by atoms with Crippen LogP contribution in [0.5, 0.6) is 0 Å². The van der Waals surface area contributed by atoms with Crippen molar-refractivity contribution in [2.75, 3.05) is 6.54 Å². The molecule has 0 heterocycles. The number of rotatable bonds is 6. The van der Waals surface area contributed by atoms with Gasteiger partial charge in [-0.25, -0.2) is 0 Å². The smallest absolute Gasteiger partial charge is 0.269 e. The van der Waals surface area contributed by atoms with E-state index in [2.05, 4.69) is 5.32 Å². The van der Waals surface area contributed by atoms with E-state index in [9.17, 15) is 10.1 Å². The third-order valence-electron chi connectivity index (χ3n) is 2.88. The van der Waals surface area contributed by atoms with E-state index >= 15 is 0 Å². The summed E-state index contributed by atoms with van der Waals surface area (Å²) in [5.41, 5.74) is 1.14. The van der Waals surface area contributed by atoms with Crippen molar-refractivity contribution < 1.29 is 4.92 Å². The van der Waals surface area contributed by atoms with E-state index in [1.807, 2.05) is 6.07 Å². The molecule has 0 atom stereocenters. The molecule has 0 radical (unpaired) electrons. The molecule has 0 aliphatic heterocycles. The van der Waals surface area contributed by atoms with Crippen LogP contribution in [0, 0.1) is 16.0 Å². The van der Waals surface area contributed by atoms with Gasteiger partial charge in [-0.3, -0.25) is 10.1 Å². The van der Waals surface area contributed by atoms with Crippen LogP contribution in [-0.2, 0) is 6.54 Å². The maximum Gasteiger partial charge on any atom is 0.269 e. The van der Waals surface area contributed by atoms with Crippen molar-refractivity contribution >= 4 is 5.69 Å². The first-order valence-electron chi connectivity index (χ1n) is 5.70. The number of nitro groups is 1. The molecule has 0 spiro atoms. The average Bonchev–Trinajstić information content (AvgIpc) is 3.09. The van der Waals surface area contributed by atoms with Gasteiger partial charge in [-0.05, 0) is 24.4 Å². The van der Waals surface area contributed by atoms with E-state index in [1.165, 1.54) is 25.3 Å². The van der Waals surface area contributed by atoms with Gasteiger partial charge in [0, 0.05) is 18.7 Å². The number of nitrogens with one attached hydrogen (secondary N) is 1. The van der Waals surface area contributed by atoms with E-state index in [0.29, 0.717) is 6.54 Å². The predicted molar refractivity (Wildman–Crippen MR) is 62.1 cm³/mol. The van der Waals surface area contributed by atoms with Gasteiger partial charge in [-0.15, -0.1) is 0 Å². The van der Waals surface area contributed by atoms with Gasteiger partial charge in [0.05, 0.1) is 4.92 Å². The molecule has 1 N–H and O–H groups in total. The van der Waals surface area contributed by atoms with Crippen molar-refractivity contribution in [3.05, 3.63) is 39.9 Å². The Bertz CT molecular complexity index is 375. The lowest BCUT2D eigenvalue weighted by molar-refractivity contribution is -0.384. The summed E-state index contributed by atoms with van der Waals surface area (Å²) >= 11 is 0. The Balaban J connectivity index is 1.78. The Morgan fingerprint density at radius 1 is 1.44 bits per heavy atom. The van der Waals surface area contributed by atoms with Crippen molar-refractivity contribution in [3.63, 3.8) is 0 Å². The highest BCUT2D eigenvalue weighted by Crippen LogP contribution is 2.31. The second-order valence-electron chi connectivity index (χ2n) is 4.34. The molecule has 0 saturated heterocycles. The molecule has 1 aromatic carbocycles. The highest BCUT2D eigenvalue weighted by Gasteiger charge is 2.19. The first kappa shape index (κ1) is 11.1. The first-order valence-corrected chi connectivity index (χ1v) is 5.70. The van der Waals surface area contributed by atoms with Gasteiger partial charge in [-0.1, -0.05) is 25.0 Å². The second-order valence-corrected chi connectivity index (χ2v) is 4.34. The van der Waals surface area contributed by atoms with Crippen LogP contribution in [0.4, 0.5) is 5.69 Å². The molecule has 0 bridgehead atoms. The molecule has 86 valence electrons. The number of nitrogens with zero attached hydrogens (tertiary/aromatic N) is 1. The maximum absolute atomic E-state index is 10.6. The monoisotopic (exact) mass is 220 g/mol. The molecular formula is C12H16N2O2. The Kier molecular flexibility index (Phi) is 3.51. The van der Waals surface area contributed by atoms with Crippen LogP contribution < -0.4 is 5.32 Å². The molecule has 2 rings (SSSR count). The van der Waals surface area contributed by atoms with Gasteiger partial charge in [0.1, 0.15) is 0 Å². The van der Waals surface area contributed by atoms with Gasteiger partial charge in [0.2, 0.25) is 0 Å². The summed E-state index contributed by atoms with van der Waals surface area (Å²) in [6.07, 6.45) is 3.98. The summed E-state index contributed by atoms with van der Waals surface area (Å²) in [6, 6.07) is 6.80. The van der Waals surface area contributed by atoms with Gasteiger partial charge in [0.15, 0.2) is 0 Å². The number of hydrogen-bond donors (Lipinski definition) is 1. The zero-order valence-corrected chi connectivity index (χ0v) is 9.19. The highest BCUT2D eigenvalue weighted by atomic mass is 16.6. The highest BCUT2D eigenvalue weighted by molar-refractivity contribution is 5.34. The fourth-order valence-corrected chi connectivity index (χ4v) is 1.73. The van der Waals surface area contributed by atoms with E-state index in [4.69, 9.17) is 0 Å². The minimum atomic E-state index is -0.353. The summed E-state index contributed by atoms with van der Waals surface area (Å²) in [6.45, 7) is 1.72. The van der Waals surface area contributed by atoms with Crippen LogP contribution in [0.2, 0.25) is 0 Å². The number of non-ortho nitro benzene ring substituents is 1. The van der Waals surface area contributed by atoms with Crippen molar-refractivity contribution in [2.45, 2.75) is 25.8 Å². The van der Waals surface area contributed by atoms with Crippen LogP contribution in [-0.4, -0.2) is 11.5 Å². The number of benzene rings is 1. The van der Waals surface area contributed by atoms with E-state index in [-0.39, 0.29) is 10.6 Å². The van der Waals surface area contributed by atoms with Crippen LogP contribution in [0.1, 0.15) is 24.8 Å². The molecule has 1 aliphatic carbocycles. The third-order valence-corrected chi connectivity index (χ3v) is 2.88. The second kappa shape index (κ2) is 5.07. The fourth-order valence-electron chi connectivity index (χ4n) is 1.73. The minimum absolute atomic E-state index is 0.168. The Hall–Kier alpha value is -1.42. The largest absolute Gasteiger partial charge is 0.313 e. The summed E-state index contributed by atoms with van der Waals surface area (Å²) in [5, 5.41) is 13.9. The quantitative estimate of drug-likeness (QED) is 0.455. The van der Waals surface area contributed by atoms with Gasteiger partial charge < -0.3 is 5.32 Å². The van der Waals surface area contributed by atoms with Crippen molar-refractivity contribution in [2.24, 2.45) is 5.92 Å². The van der Waals surface area contributed by atoms with Gasteiger partial charge in [-0.2, -0.15) is 0 Å². The third kappa shape index (κ3) is 3.31. The zero-order chi connectivity index (χ0) is 11.4. The maximum atomic E-state index is 10.6. The van der Waals surface area contributed by atoms with Crippen molar-refractivity contribution in [1.29, 1.82) is 0 Å². The van der Waals surface area contributed by atoms with Gasteiger partial charge >= 0.3 is 0 Å². The van der Waals surface area contributed by atoms with Crippen LogP contribution in [0.15, 0.2) is 24.3 Å². The minimum Gasteiger partial charge on any atom is -0.313 e. The molecule has 1 aromatic rings. The molecule has 16 heavy (non-hydrogen) atoms. The topological polar surface area (TPSA) is 55.2 Å². The molecule has 1 aliphatic rings. The van der Waals surface area contributed by atoms with E-state index in [0.717, 1.165) is 18.0 Å². The Morgan fingerprint density at radius 2 is 2.25 bits per heavy atom. The molecular weight excluding hydrogens is 204 g/mol. The van der Waals surface area contributed by atoms with E-state index < -0.39 is 0 Å². The predicted octanol–water partition coefficient (Wildman–Crippen LogP) is 2.48. The molecule has 0 unspecified atom stereocenters. The van der Waals surface area contributed by atoms with Crippen molar-refractivity contribution in [1.82, 2.24) is 5.32 Å². The van der Waals surface area contributed by atoms with Crippen LogP contribution in [0.3, 0.4) is 0 Å². The summed E-state index contributed by atoms with van der Waals surface area (Å²) in [7, 11) is 0. The van der Waals surface area contributed by atoms with Crippen LogP contribution >= 0.6 is 0 Å². The fraction of sp³-hybridized carbons (Fsp3) is 0.500. The lowest BCUT2D eigenvalue weighted by Crippen LogP contribution is -2.15. The summed E-state index contributed by atoms with van der Waals surface area (Å²) in [5.74, 6) is 0.928. The van der Waals surface area contributed by atoms with Crippen molar-refractivity contribution in [3.8, 4) is 0 Å². The van der Waals surface area contributed by atoms with Gasteiger partial charge in [0.25, 0.3) is 5.69 Å². The Labute approximate surface area is 94.8 Å². The lowest BCUT2D eigenvalue weighted by atomic mass is 10.2. The standard InChI is InChI=1S/C12H16N2O2/c15-14(16)12-3-1-2-11(8-12)9-13-7-6-10-4-5-10/h1-3,8,10,13H,4-7,9H2. The Morgan fingerprint density at radius 3 is 2.94 bits per heavy atom. The first-order chi connectivity index (χ1) is 7.75. The van der Waals surface area contributed by atoms with E-state index in [1.54, 1.807) is 12.1 Å². The molecule has 4 heteroatoms. The summed E-state index contributed by atoms with van der Waals surface area (Å²) in [4.78, 5) is 10.2. The molecule has 1 fully saturated rings. The molecule has 4 nitrogen and oxygen atoms in total. The summed E-state index contributed by atoms with van der Waals surface area (Å²) < 4.78 is 0. The number of hydrogen-bond acceptors (Lipinski definition) is 3. The zero-order valence-electron chi connectivity index (χ0n) is 9.19.